The first kappa shape index (κ1) is 14.5. The summed E-state index contributed by atoms with van der Waals surface area (Å²) >= 11 is 0. The number of hydrogen-bond donors (Lipinski definition) is 2. The quantitative estimate of drug-likeness (QED) is 0.749. The Balaban J connectivity index is 1.71. The molecular formula is C17H16N4O3. The first-order chi connectivity index (χ1) is 11.6. The van der Waals surface area contributed by atoms with Crippen molar-refractivity contribution < 1.29 is 14.6 Å². The molecule has 24 heavy (non-hydrogen) atoms. The van der Waals surface area contributed by atoms with Crippen molar-refractivity contribution in [2.45, 2.75) is 25.8 Å². The van der Waals surface area contributed by atoms with Gasteiger partial charge in [0.15, 0.2) is 11.5 Å². The SMILES string of the molecule is Cc1ccc(C(=O)O)cc1Oc1cn2ccnc2c(NC2CC2)n1. The van der Waals surface area contributed by atoms with Crippen LogP contribution in [-0.2, 0) is 0 Å². The second kappa shape index (κ2) is 5.52. The van der Waals surface area contributed by atoms with Gasteiger partial charge in [0, 0.05) is 18.4 Å². The van der Waals surface area contributed by atoms with Crippen molar-refractivity contribution >= 4 is 17.4 Å². The Bertz CT molecular complexity index is 931. The summed E-state index contributed by atoms with van der Waals surface area (Å²) in [5.74, 6) is 0.537. The Morgan fingerprint density at radius 1 is 1.42 bits per heavy atom. The zero-order chi connectivity index (χ0) is 16.7. The smallest absolute Gasteiger partial charge is 0.335 e. The molecular weight excluding hydrogens is 308 g/mol. The second-order valence-electron chi connectivity index (χ2n) is 5.89. The van der Waals surface area contributed by atoms with Crippen LogP contribution in [0, 0.1) is 6.92 Å². The fourth-order valence-corrected chi connectivity index (χ4v) is 2.43. The molecule has 4 rings (SSSR count). The Hall–Kier alpha value is -3.09. The van der Waals surface area contributed by atoms with Gasteiger partial charge in [-0.1, -0.05) is 6.07 Å². The van der Waals surface area contributed by atoms with E-state index in [1.807, 2.05) is 17.5 Å². The third-order valence-electron chi connectivity index (χ3n) is 3.92. The number of aromatic carboxylic acids is 1. The normalized spacial score (nSPS) is 13.9. The van der Waals surface area contributed by atoms with Crippen molar-refractivity contribution in [3.05, 3.63) is 47.9 Å². The highest BCUT2D eigenvalue weighted by Gasteiger charge is 2.23. The lowest BCUT2D eigenvalue weighted by Crippen LogP contribution is -2.06. The van der Waals surface area contributed by atoms with Crippen molar-refractivity contribution in [1.82, 2.24) is 14.4 Å². The zero-order valence-corrected chi connectivity index (χ0v) is 13.1. The van der Waals surface area contributed by atoms with E-state index in [1.165, 1.54) is 6.07 Å². The predicted octanol–water partition coefficient (Wildman–Crippen LogP) is 3.10. The van der Waals surface area contributed by atoms with Crippen LogP contribution in [0.3, 0.4) is 0 Å². The van der Waals surface area contributed by atoms with Crippen LogP contribution in [-0.4, -0.2) is 31.5 Å². The molecule has 1 fully saturated rings. The molecule has 3 aromatic rings. The number of ether oxygens (including phenoxy) is 1. The number of nitrogens with one attached hydrogen (secondary N) is 1. The molecule has 1 aliphatic carbocycles. The van der Waals surface area contributed by atoms with Crippen LogP contribution in [0.25, 0.3) is 5.65 Å². The number of carboxylic acid groups (broad SMARTS) is 1. The van der Waals surface area contributed by atoms with Crippen LogP contribution in [0.1, 0.15) is 28.8 Å². The monoisotopic (exact) mass is 324 g/mol. The number of carboxylic acids is 1. The third-order valence-corrected chi connectivity index (χ3v) is 3.92. The van der Waals surface area contributed by atoms with Gasteiger partial charge in [-0.05, 0) is 37.5 Å². The van der Waals surface area contributed by atoms with Crippen molar-refractivity contribution in [2.24, 2.45) is 0 Å². The molecule has 122 valence electrons. The molecule has 0 unspecified atom stereocenters. The molecule has 1 aliphatic rings. The molecule has 2 aromatic heterocycles. The average molecular weight is 324 g/mol. The van der Waals surface area contributed by atoms with Crippen LogP contribution in [0.2, 0.25) is 0 Å². The molecule has 0 bridgehead atoms. The maximum atomic E-state index is 11.1. The molecule has 1 saturated carbocycles. The molecule has 0 aliphatic heterocycles. The molecule has 0 saturated heterocycles. The number of fused-ring (bicyclic) bond motifs is 1. The minimum atomic E-state index is -0.992. The molecule has 2 heterocycles. The number of carbonyl (C=O) groups is 1. The zero-order valence-electron chi connectivity index (χ0n) is 13.1. The van der Waals surface area contributed by atoms with Crippen LogP contribution < -0.4 is 10.1 Å². The average Bonchev–Trinajstić information content (AvgIpc) is 3.23. The first-order valence-electron chi connectivity index (χ1n) is 7.72. The van der Waals surface area contributed by atoms with Gasteiger partial charge in [0.05, 0.1) is 11.8 Å². The highest BCUT2D eigenvalue weighted by molar-refractivity contribution is 5.88. The number of hydrogen-bond acceptors (Lipinski definition) is 5. The van der Waals surface area contributed by atoms with Crippen molar-refractivity contribution in [3.63, 3.8) is 0 Å². The summed E-state index contributed by atoms with van der Waals surface area (Å²) in [6.45, 7) is 1.86. The standard InChI is InChI=1S/C17H16N4O3/c1-10-2-3-11(17(22)23)8-13(10)24-14-9-21-7-6-18-16(21)15(20-14)19-12-4-5-12/h2-3,6-9,12H,4-5H2,1H3,(H,19,20)(H,22,23). The van der Waals surface area contributed by atoms with E-state index in [4.69, 9.17) is 9.84 Å². The van der Waals surface area contributed by atoms with E-state index in [2.05, 4.69) is 15.3 Å². The summed E-state index contributed by atoms with van der Waals surface area (Å²) < 4.78 is 7.69. The van der Waals surface area contributed by atoms with E-state index in [0.29, 0.717) is 23.5 Å². The van der Waals surface area contributed by atoms with E-state index in [-0.39, 0.29) is 5.56 Å². The maximum absolute atomic E-state index is 11.1. The maximum Gasteiger partial charge on any atom is 0.335 e. The van der Waals surface area contributed by atoms with Crippen molar-refractivity contribution in [3.8, 4) is 11.6 Å². The Kier molecular flexibility index (Phi) is 3.34. The molecule has 0 radical (unpaired) electrons. The van der Waals surface area contributed by atoms with E-state index < -0.39 is 5.97 Å². The third kappa shape index (κ3) is 2.76. The van der Waals surface area contributed by atoms with Gasteiger partial charge in [-0.3, -0.25) is 4.40 Å². The number of aromatic nitrogens is 3. The Morgan fingerprint density at radius 2 is 2.25 bits per heavy atom. The largest absolute Gasteiger partial charge is 0.478 e. The van der Waals surface area contributed by atoms with Gasteiger partial charge in [0.2, 0.25) is 5.88 Å². The van der Waals surface area contributed by atoms with E-state index in [1.54, 1.807) is 24.5 Å². The highest BCUT2D eigenvalue weighted by atomic mass is 16.5. The first-order valence-corrected chi connectivity index (χ1v) is 7.72. The number of aryl methyl sites for hydroxylation is 1. The van der Waals surface area contributed by atoms with Crippen LogP contribution in [0.5, 0.6) is 11.6 Å². The summed E-state index contributed by atoms with van der Waals surface area (Å²) in [5, 5.41) is 12.5. The van der Waals surface area contributed by atoms with Gasteiger partial charge in [0.1, 0.15) is 5.75 Å². The minimum absolute atomic E-state index is 0.177. The topological polar surface area (TPSA) is 88.8 Å². The summed E-state index contributed by atoms with van der Waals surface area (Å²) in [7, 11) is 0. The minimum Gasteiger partial charge on any atom is -0.478 e. The number of benzene rings is 1. The van der Waals surface area contributed by atoms with E-state index >= 15 is 0 Å². The van der Waals surface area contributed by atoms with E-state index in [9.17, 15) is 4.79 Å². The second-order valence-corrected chi connectivity index (χ2v) is 5.89. The molecule has 0 spiro atoms. The fraction of sp³-hybridized carbons (Fsp3) is 0.235. The van der Waals surface area contributed by atoms with Crippen molar-refractivity contribution in [1.29, 1.82) is 0 Å². The lowest BCUT2D eigenvalue weighted by molar-refractivity contribution is 0.0696. The van der Waals surface area contributed by atoms with Gasteiger partial charge in [0.25, 0.3) is 0 Å². The summed E-state index contributed by atoms with van der Waals surface area (Å²) in [6, 6.07) is 5.21. The fourth-order valence-electron chi connectivity index (χ4n) is 2.43. The lowest BCUT2D eigenvalue weighted by Gasteiger charge is -2.12. The van der Waals surface area contributed by atoms with Gasteiger partial charge in [-0.15, -0.1) is 0 Å². The van der Waals surface area contributed by atoms with Crippen LogP contribution in [0.15, 0.2) is 36.8 Å². The summed E-state index contributed by atoms with van der Waals surface area (Å²) in [4.78, 5) is 20.0. The molecule has 1 aromatic carbocycles. The molecule has 0 atom stereocenters. The lowest BCUT2D eigenvalue weighted by atomic mass is 10.1. The van der Waals surface area contributed by atoms with Crippen LogP contribution >= 0.6 is 0 Å². The Morgan fingerprint density at radius 3 is 3.00 bits per heavy atom. The molecule has 2 N–H and O–H groups in total. The van der Waals surface area contributed by atoms with Gasteiger partial charge in [-0.25, -0.2) is 9.78 Å². The van der Waals surface area contributed by atoms with Crippen LogP contribution in [0.4, 0.5) is 5.82 Å². The molecule has 7 nitrogen and oxygen atoms in total. The predicted molar refractivity (Wildman–Crippen MR) is 87.8 cm³/mol. The Labute approximate surface area is 137 Å². The van der Waals surface area contributed by atoms with Crippen molar-refractivity contribution in [2.75, 3.05) is 5.32 Å². The number of anilines is 1. The van der Waals surface area contributed by atoms with E-state index in [0.717, 1.165) is 24.1 Å². The summed E-state index contributed by atoms with van der Waals surface area (Å²) in [6.07, 6.45) is 7.50. The van der Waals surface area contributed by atoms with Gasteiger partial charge >= 0.3 is 5.97 Å². The number of rotatable bonds is 5. The number of imidazole rings is 1. The van der Waals surface area contributed by atoms with Gasteiger partial charge < -0.3 is 15.2 Å². The molecule has 7 heteroatoms. The summed E-state index contributed by atoms with van der Waals surface area (Å²) in [5.41, 5.74) is 1.75. The van der Waals surface area contributed by atoms with Gasteiger partial charge in [-0.2, -0.15) is 4.98 Å². The molecule has 0 amide bonds. The highest BCUT2D eigenvalue weighted by Crippen LogP contribution is 2.29. The number of nitrogens with zero attached hydrogens (tertiary/aromatic N) is 3.